The molecule has 11 nitrogen and oxygen atoms in total. The predicted molar refractivity (Wildman–Crippen MR) is 126 cm³/mol. The molecule has 11 heteroatoms. The van der Waals surface area contributed by atoms with Crippen molar-refractivity contribution in [1.82, 2.24) is 25.6 Å². The summed E-state index contributed by atoms with van der Waals surface area (Å²) in [7, 11) is 0. The van der Waals surface area contributed by atoms with Gasteiger partial charge in [0.15, 0.2) is 5.57 Å². The van der Waals surface area contributed by atoms with Crippen molar-refractivity contribution in [3.05, 3.63) is 41.9 Å². The zero-order valence-corrected chi connectivity index (χ0v) is 19.8. The summed E-state index contributed by atoms with van der Waals surface area (Å²) in [5, 5.41) is 15.3. The number of amides is 3. The molecule has 0 aromatic carbocycles. The summed E-state index contributed by atoms with van der Waals surface area (Å²) < 4.78 is 5.53. The summed E-state index contributed by atoms with van der Waals surface area (Å²) in [5.41, 5.74) is 3.43. The van der Waals surface area contributed by atoms with Crippen LogP contribution in [0.2, 0.25) is 0 Å². The van der Waals surface area contributed by atoms with E-state index < -0.39 is 18.0 Å². The van der Waals surface area contributed by atoms with E-state index in [1.165, 1.54) is 11.1 Å². The molecule has 5 rings (SSSR count). The minimum absolute atomic E-state index is 0.0561. The number of nitrogens with one attached hydrogen (secondary N) is 2. The number of hydrazine groups is 1. The van der Waals surface area contributed by atoms with Crippen molar-refractivity contribution < 1.29 is 24.2 Å². The molecule has 1 aromatic rings. The minimum atomic E-state index is -0.568. The number of pyridine rings is 1. The summed E-state index contributed by atoms with van der Waals surface area (Å²) in [6.07, 6.45) is 6.05. The average Bonchev–Trinajstić information content (AvgIpc) is 3.55. The molecule has 4 heterocycles. The number of anilines is 1. The van der Waals surface area contributed by atoms with Gasteiger partial charge in [-0.3, -0.25) is 14.4 Å². The highest BCUT2D eigenvalue weighted by Crippen LogP contribution is 2.33. The highest BCUT2D eigenvalue weighted by atomic mass is 16.5. The highest BCUT2D eigenvalue weighted by molar-refractivity contribution is 6.19. The Morgan fingerprint density at radius 2 is 2.17 bits per heavy atom. The van der Waals surface area contributed by atoms with Gasteiger partial charge in [0, 0.05) is 31.2 Å². The number of ether oxygens (including phenoxy) is 1. The third kappa shape index (κ3) is 4.43. The number of aliphatic hydroxyl groups excluding tert-OH is 1. The topological polar surface area (TPSA) is 127 Å². The van der Waals surface area contributed by atoms with Crippen molar-refractivity contribution in [2.45, 2.75) is 38.9 Å². The van der Waals surface area contributed by atoms with E-state index in [9.17, 15) is 19.5 Å². The first-order valence-corrected chi connectivity index (χ1v) is 12.0. The van der Waals surface area contributed by atoms with Gasteiger partial charge in [-0.2, -0.15) is 0 Å². The van der Waals surface area contributed by atoms with Gasteiger partial charge in [-0.1, -0.05) is 19.9 Å². The van der Waals surface area contributed by atoms with Crippen LogP contribution in [0.1, 0.15) is 26.7 Å². The van der Waals surface area contributed by atoms with Crippen LogP contribution in [0, 0.1) is 11.8 Å². The van der Waals surface area contributed by atoms with Crippen LogP contribution in [-0.4, -0.2) is 76.2 Å². The number of aromatic nitrogens is 1. The van der Waals surface area contributed by atoms with Crippen LogP contribution in [0.25, 0.3) is 0 Å². The Balaban J connectivity index is 1.39. The highest BCUT2D eigenvalue weighted by Gasteiger charge is 2.49. The summed E-state index contributed by atoms with van der Waals surface area (Å²) in [5.74, 6) is -1.37. The fraction of sp³-hybridized carbons (Fsp3) is 0.500. The number of aliphatic hydroxyl groups is 1. The van der Waals surface area contributed by atoms with E-state index in [1.54, 1.807) is 34.2 Å². The number of fused-ring (bicyclic) bond motifs is 2. The molecule has 3 aliphatic heterocycles. The molecular weight excluding hydrogens is 452 g/mol. The lowest BCUT2D eigenvalue weighted by Gasteiger charge is -2.42. The van der Waals surface area contributed by atoms with Gasteiger partial charge in [0.25, 0.3) is 17.7 Å². The Labute approximate surface area is 203 Å². The quantitative estimate of drug-likeness (QED) is 0.399. The van der Waals surface area contributed by atoms with Gasteiger partial charge in [0.05, 0.1) is 6.54 Å². The predicted octanol–water partition coefficient (Wildman–Crippen LogP) is 0.672. The first-order chi connectivity index (χ1) is 16.8. The first kappa shape index (κ1) is 23.2. The third-order valence-corrected chi connectivity index (χ3v) is 6.44. The van der Waals surface area contributed by atoms with Gasteiger partial charge in [-0.15, -0.1) is 0 Å². The van der Waals surface area contributed by atoms with Gasteiger partial charge in [-0.05, 0) is 37.0 Å². The molecule has 35 heavy (non-hydrogen) atoms. The fourth-order valence-corrected chi connectivity index (χ4v) is 4.66. The zero-order valence-electron chi connectivity index (χ0n) is 19.8. The molecule has 3 amide bonds. The maximum Gasteiger partial charge on any atom is 0.280 e. The van der Waals surface area contributed by atoms with Crippen molar-refractivity contribution in [1.29, 1.82) is 0 Å². The molecule has 3 N–H and O–H groups in total. The molecule has 1 aliphatic carbocycles. The Kier molecular flexibility index (Phi) is 6.10. The molecule has 4 aliphatic rings. The second-order valence-electron chi connectivity index (χ2n) is 9.63. The first-order valence-electron chi connectivity index (χ1n) is 12.0. The van der Waals surface area contributed by atoms with E-state index in [0.717, 1.165) is 12.8 Å². The maximum absolute atomic E-state index is 13.2. The largest absolute Gasteiger partial charge is 0.494 e. The Hall–Kier alpha value is -3.60. The van der Waals surface area contributed by atoms with Crippen molar-refractivity contribution in [2.75, 3.05) is 31.1 Å². The van der Waals surface area contributed by atoms with E-state index in [-0.39, 0.29) is 35.2 Å². The lowest BCUT2D eigenvalue weighted by atomic mass is 10.0. The van der Waals surface area contributed by atoms with Gasteiger partial charge < -0.3 is 25.0 Å². The van der Waals surface area contributed by atoms with Gasteiger partial charge in [0.1, 0.15) is 18.5 Å². The molecule has 0 spiro atoms. The summed E-state index contributed by atoms with van der Waals surface area (Å²) in [6.45, 7) is 5.56. The van der Waals surface area contributed by atoms with E-state index in [1.807, 2.05) is 13.8 Å². The van der Waals surface area contributed by atoms with Crippen LogP contribution in [0.4, 0.5) is 5.69 Å². The van der Waals surface area contributed by atoms with Crippen LogP contribution < -0.4 is 20.4 Å². The van der Waals surface area contributed by atoms with Crippen molar-refractivity contribution in [3.63, 3.8) is 0 Å². The number of carbonyl (C=O) groups excluding carboxylic acids is 3. The minimum Gasteiger partial charge on any atom is -0.494 e. The van der Waals surface area contributed by atoms with Crippen molar-refractivity contribution >= 4 is 23.4 Å². The zero-order chi connectivity index (χ0) is 24.7. The molecule has 2 unspecified atom stereocenters. The average molecular weight is 483 g/mol. The maximum atomic E-state index is 13.2. The molecular formula is C24H30N6O5. The van der Waals surface area contributed by atoms with E-state index in [2.05, 4.69) is 15.7 Å². The standard InChI is InChI=1S/C24H30N6O5/c1-14(2)13-29-22-15(5-8-18(31)28-10-11-35-21-17(28)4-3-9-25-21)12-26-30(22)24(34)19(23(29)33)20(32)27-16-6-7-16/h3-5,8-9,14-16,22,26,33H,6-7,10-13H2,1-2H3,(H,27,32)/b8-5+. The smallest absolute Gasteiger partial charge is 0.280 e. The molecule has 1 saturated heterocycles. The SMILES string of the molecule is CC(C)CN1C(O)=C(C(=O)NC2CC2)C(=O)N2NCC(/C=C/C(=O)N3CCOc4ncccc43)C12. The number of hydrogen-bond acceptors (Lipinski definition) is 8. The fourth-order valence-electron chi connectivity index (χ4n) is 4.66. The third-order valence-electron chi connectivity index (χ3n) is 6.44. The molecule has 0 radical (unpaired) electrons. The van der Waals surface area contributed by atoms with Crippen LogP contribution in [0.5, 0.6) is 5.88 Å². The lowest BCUT2D eigenvalue weighted by Crippen LogP contribution is -2.59. The Morgan fingerprint density at radius 3 is 2.91 bits per heavy atom. The summed E-state index contributed by atoms with van der Waals surface area (Å²) >= 11 is 0. The molecule has 2 atom stereocenters. The molecule has 186 valence electrons. The van der Waals surface area contributed by atoms with Gasteiger partial charge in [0.2, 0.25) is 11.8 Å². The van der Waals surface area contributed by atoms with Crippen LogP contribution >= 0.6 is 0 Å². The molecule has 2 fully saturated rings. The number of hydrogen-bond donors (Lipinski definition) is 3. The second kappa shape index (κ2) is 9.21. The van der Waals surface area contributed by atoms with Crippen molar-refractivity contribution in [2.24, 2.45) is 11.8 Å². The van der Waals surface area contributed by atoms with Gasteiger partial charge >= 0.3 is 0 Å². The van der Waals surface area contributed by atoms with E-state index in [0.29, 0.717) is 37.8 Å². The molecule has 0 bridgehead atoms. The summed E-state index contributed by atoms with van der Waals surface area (Å²) in [6, 6.07) is 3.59. The summed E-state index contributed by atoms with van der Waals surface area (Å²) in [4.78, 5) is 46.5. The Morgan fingerprint density at radius 1 is 1.37 bits per heavy atom. The van der Waals surface area contributed by atoms with Crippen LogP contribution in [0.3, 0.4) is 0 Å². The molecule has 1 aromatic heterocycles. The van der Waals surface area contributed by atoms with E-state index >= 15 is 0 Å². The van der Waals surface area contributed by atoms with E-state index in [4.69, 9.17) is 4.74 Å². The normalized spacial score (nSPS) is 24.1. The van der Waals surface area contributed by atoms with Crippen molar-refractivity contribution in [3.8, 4) is 5.88 Å². The Bertz CT molecular complexity index is 1100. The molecule has 1 saturated carbocycles. The number of nitrogens with zero attached hydrogens (tertiary/aromatic N) is 4. The van der Waals surface area contributed by atoms with Crippen LogP contribution in [-0.2, 0) is 14.4 Å². The number of rotatable bonds is 6. The van der Waals surface area contributed by atoms with Crippen LogP contribution in [0.15, 0.2) is 41.9 Å². The van der Waals surface area contributed by atoms with Gasteiger partial charge in [-0.25, -0.2) is 15.4 Å². The lowest BCUT2D eigenvalue weighted by molar-refractivity contribution is -0.142. The number of carbonyl (C=O) groups is 3. The second-order valence-corrected chi connectivity index (χ2v) is 9.63. The monoisotopic (exact) mass is 482 g/mol.